The van der Waals surface area contributed by atoms with Gasteiger partial charge in [-0.1, -0.05) is 24.6 Å². The Hall–Kier alpha value is -2.74. The Morgan fingerprint density at radius 2 is 2.03 bits per heavy atom. The van der Waals surface area contributed by atoms with Crippen LogP contribution in [-0.4, -0.2) is 63.6 Å². The Balaban J connectivity index is 1.29. The number of benzene rings is 1. The lowest BCUT2D eigenvalue weighted by Gasteiger charge is -2.44. The fraction of sp³-hybridized carbons (Fsp3) is 0.476. The van der Waals surface area contributed by atoms with Crippen LogP contribution < -0.4 is 5.32 Å². The van der Waals surface area contributed by atoms with E-state index in [2.05, 4.69) is 15.3 Å². The molecule has 8 heteroatoms. The van der Waals surface area contributed by atoms with Gasteiger partial charge in [0.15, 0.2) is 0 Å². The van der Waals surface area contributed by atoms with E-state index in [4.69, 9.17) is 0 Å². The van der Waals surface area contributed by atoms with Crippen molar-refractivity contribution < 1.29 is 14.0 Å². The molecule has 1 N–H and O–H groups in total. The summed E-state index contributed by atoms with van der Waals surface area (Å²) >= 11 is 0. The molecule has 4 rings (SSSR count). The molecule has 0 unspecified atom stereocenters. The topological polar surface area (TPSA) is 70.5 Å². The Morgan fingerprint density at radius 1 is 1.17 bits per heavy atom. The van der Waals surface area contributed by atoms with Gasteiger partial charge in [-0.05, 0) is 31.0 Å². The molecule has 2 aliphatic rings. The van der Waals surface area contributed by atoms with Gasteiger partial charge in [0.2, 0.25) is 11.8 Å². The predicted octanol–water partition coefficient (Wildman–Crippen LogP) is 1.90. The third kappa shape index (κ3) is 4.82. The monoisotopic (exact) mass is 399 g/mol. The first-order chi connectivity index (χ1) is 14.1. The molecule has 2 aromatic rings. The number of halogens is 1. The van der Waals surface area contributed by atoms with E-state index in [-0.39, 0.29) is 24.8 Å². The van der Waals surface area contributed by atoms with Crippen LogP contribution in [0.4, 0.5) is 10.1 Å². The summed E-state index contributed by atoms with van der Waals surface area (Å²) in [6, 6.07) is 6.68. The molecule has 0 bridgehead atoms. The molecule has 0 radical (unpaired) electrons. The van der Waals surface area contributed by atoms with E-state index in [0.717, 1.165) is 32.6 Å². The number of nitrogens with zero attached hydrogens (tertiary/aromatic N) is 4. The number of hydrogen-bond donors (Lipinski definition) is 1. The van der Waals surface area contributed by atoms with Gasteiger partial charge in [0.05, 0.1) is 18.3 Å². The lowest BCUT2D eigenvalue weighted by Crippen LogP contribution is -2.56. The smallest absolute Gasteiger partial charge is 0.244 e. The van der Waals surface area contributed by atoms with Crippen LogP contribution in [0.25, 0.3) is 0 Å². The molecule has 2 amide bonds. The first kappa shape index (κ1) is 19.6. The zero-order valence-electron chi connectivity index (χ0n) is 16.4. The van der Waals surface area contributed by atoms with Gasteiger partial charge in [0.25, 0.3) is 0 Å². The van der Waals surface area contributed by atoms with Gasteiger partial charge in [-0.25, -0.2) is 4.39 Å². The molecule has 0 aliphatic carbocycles. The Labute approximate surface area is 169 Å². The minimum Gasteiger partial charge on any atom is -0.338 e. The summed E-state index contributed by atoms with van der Waals surface area (Å²) < 4.78 is 15.2. The highest BCUT2D eigenvalue weighted by molar-refractivity contribution is 5.92. The lowest BCUT2D eigenvalue weighted by atomic mass is 9.99. The number of carbonyl (C=O) groups excluding carboxylic acids is 2. The Bertz CT molecular complexity index is 883. The van der Waals surface area contributed by atoms with E-state index in [1.165, 1.54) is 29.8 Å². The number of amides is 2. The van der Waals surface area contributed by atoms with Crippen LogP contribution in [0.1, 0.15) is 24.8 Å². The number of piperidine rings is 1. The van der Waals surface area contributed by atoms with Gasteiger partial charge in [0.1, 0.15) is 12.4 Å². The summed E-state index contributed by atoms with van der Waals surface area (Å²) in [5, 5.41) is 6.89. The van der Waals surface area contributed by atoms with Crippen LogP contribution in [-0.2, 0) is 22.6 Å². The van der Waals surface area contributed by atoms with Crippen LogP contribution in [0.2, 0.25) is 0 Å². The molecule has 2 saturated heterocycles. The molecule has 1 atom stereocenters. The van der Waals surface area contributed by atoms with Crippen molar-refractivity contribution in [3.8, 4) is 0 Å². The maximum Gasteiger partial charge on any atom is 0.244 e. The van der Waals surface area contributed by atoms with Gasteiger partial charge in [-0.3, -0.25) is 19.2 Å². The minimum absolute atomic E-state index is 0.0440. The van der Waals surface area contributed by atoms with Crippen LogP contribution in [0.15, 0.2) is 36.7 Å². The van der Waals surface area contributed by atoms with Crippen molar-refractivity contribution in [1.82, 2.24) is 19.6 Å². The lowest BCUT2D eigenvalue weighted by molar-refractivity contribution is -0.135. The SMILES string of the molecule is O=C(Cc1ccccc1F)Nc1cnn(CC(=O)N2CCN3CCCC[C@@H]3C2)c1. The molecule has 0 spiro atoms. The van der Waals surface area contributed by atoms with Gasteiger partial charge in [0, 0.05) is 31.9 Å². The van der Waals surface area contributed by atoms with Gasteiger partial charge in [-0.15, -0.1) is 0 Å². The maximum absolute atomic E-state index is 13.7. The number of nitrogens with one attached hydrogen (secondary N) is 1. The number of carbonyl (C=O) groups is 2. The van der Waals surface area contributed by atoms with Crippen molar-refractivity contribution in [3.63, 3.8) is 0 Å². The number of rotatable bonds is 5. The van der Waals surface area contributed by atoms with Crippen molar-refractivity contribution in [3.05, 3.63) is 48.0 Å². The van der Waals surface area contributed by atoms with Crippen LogP contribution >= 0.6 is 0 Å². The Morgan fingerprint density at radius 3 is 2.90 bits per heavy atom. The molecular weight excluding hydrogens is 373 g/mol. The summed E-state index contributed by atoms with van der Waals surface area (Å²) in [5.74, 6) is -0.682. The third-order valence-electron chi connectivity index (χ3n) is 5.71. The van der Waals surface area contributed by atoms with Crippen molar-refractivity contribution in [1.29, 1.82) is 0 Å². The van der Waals surface area contributed by atoms with Crippen LogP contribution in [0, 0.1) is 5.82 Å². The van der Waals surface area contributed by atoms with Crippen molar-refractivity contribution in [2.24, 2.45) is 0 Å². The zero-order chi connectivity index (χ0) is 20.2. The molecule has 2 aliphatic heterocycles. The van der Waals surface area contributed by atoms with E-state index in [1.54, 1.807) is 24.4 Å². The molecule has 7 nitrogen and oxygen atoms in total. The fourth-order valence-corrected chi connectivity index (χ4v) is 4.16. The van der Waals surface area contributed by atoms with Crippen molar-refractivity contribution in [2.75, 3.05) is 31.5 Å². The third-order valence-corrected chi connectivity index (χ3v) is 5.71. The van der Waals surface area contributed by atoms with E-state index < -0.39 is 5.82 Å². The highest BCUT2D eigenvalue weighted by Crippen LogP contribution is 2.21. The largest absolute Gasteiger partial charge is 0.338 e. The second-order valence-corrected chi connectivity index (χ2v) is 7.77. The molecule has 0 saturated carbocycles. The Kier molecular flexibility index (Phi) is 5.89. The maximum atomic E-state index is 13.7. The van der Waals surface area contributed by atoms with E-state index >= 15 is 0 Å². The normalized spacial score (nSPS) is 19.6. The average Bonchev–Trinajstić information content (AvgIpc) is 3.15. The van der Waals surface area contributed by atoms with Gasteiger partial charge in [-0.2, -0.15) is 5.10 Å². The number of fused-ring (bicyclic) bond motifs is 1. The summed E-state index contributed by atoms with van der Waals surface area (Å²) in [6.45, 7) is 3.76. The second kappa shape index (κ2) is 8.73. The molecule has 1 aromatic carbocycles. The number of hydrogen-bond acceptors (Lipinski definition) is 4. The van der Waals surface area contributed by atoms with Crippen LogP contribution in [0.5, 0.6) is 0 Å². The fourth-order valence-electron chi connectivity index (χ4n) is 4.16. The summed E-state index contributed by atoms with van der Waals surface area (Å²) in [5.41, 5.74) is 0.839. The molecule has 2 fully saturated rings. The second-order valence-electron chi connectivity index (χ2n) is 7.77. The van der Waals surface area contributed by atoms with Crippen molar-refractivity contribution in [2.45, 2.75) is 38.3 Å². The standard InChI is InChI=1S/C21H26FN5O2/c22-19-7-2-1-5-16(19)11-20(28)24-17-12-23-27(13-17)15-21(29)26-10-9-25-8-4-3-6-18(25)14-26/h1-2,5,7,12-13,18H,3-4,6,8-11,14-15H2,(H,24,28)/t18-/m1/s1. The molecule has 1 aromatic heterocycles. The summed E-state index contributed by atoms with van der Waals surface area (Å²) in [7, 11) is 0. The first-order valence-corrected chi connectivity index (χ1v) is 10.2. The summed E-state index contributed by atoms with van der Waals surface area (Å²) in [6.07, 6.45) is 6.73. The molecule has 154 valence electrons. The highest BCUT2D eigenvalue weighted by atomic mass is 19.1. The molecule has 3 heterocycles. The number of piperazine rings is 1. The predicted molar refractivity (Wildman–Crippen MR) is 107 cm³/mol. The molecular formula is C21H26FN5O2. The minimum atomic E-state index is -0.401. The van der Waals surface area contributed by atoms with Crippen LogP contribution in [0.3, 0.4) is 0 Å². The zero-order valence-corrected chi connectivity index (χ0v) is 16.4. The average molecular weight is 399 g/mol. The summed E-state index contributed by atoms with van der Waals surface area (Å²) in [4.78, 5) is 29.2. The number of anilines is 1. The van der Waals surface area contributed by atoms with E-state index in [1.807, 2.05) is 4.90 Å². The van der Waals surface area contributed by atoms with Crippen molar-refractivity contribution >= 4 is 17.5 Å². The first-order valence-electron chi connectivity index (χ1n) is 10.2. The van der Waals surface area contributed by atoms with Gasteiger partial charge < -0.3 is 10.2 Å². The van der Waals surface area contributed by atoms with E-state index in [9.17, 15) is 14.0 Å². The van der Waals surface area contributed by atoms with E-state index in [0.29, 0.717) is 17.3 Å². The van der Waals surface area contributed by atoms with Gasteiger partial charge >= 0.3 is 0 Å². The quantitative estimate of drug-likeness (QED) is 0.834. The highest BCUT2D eigenvalue weighted by Gasteiger charge is 2.31. The number of aromatic nitrogens is 2. The molecule has 29 heavy (non-hydrogen) atoms.